The number of amides is 2. The second-order valence-electron chi connectivity index (χ2n) is 8.45. The Morgan fingerprint density at radius 3 is 2.33 bits per heavy atom. The Bertz CT molecular complexity index is 1510. The number of aromatic nitrogens is 1. The van der Waals surface area contributed by atoms with Crippen LogP contribution in [0, 0.1) is 0 Å². The van der Waals surface area contributed by atoms with Crippen molar-refractivity contribution in [3.8, 4) is 11.4 Å². The van der Waals surface area contributed by atoms with Crippen molar-refractivity contribution < 1.29 is 19.1 Å². The van der Waals surface area contributed by atoms with Crippen LogP contribution in [0.3, 0.4) is 0 Å². The molecule has 6 heteroatoms. The number of nitrogens with zero attached hydrogens (tertiary/aromatic N) is 2. The quantitative estimate of drug-likeness (QED) is 0.188. The fourth-order valence-electron chi connectivity index (χ4n) is 4.46. The average Bonchev–Trinajstić information content (AvgIpc) is 3.26. The molecular weight excluding hydrogens is 416 g/mol. The van der Waals surface area contributed by atoms with E-state index in [-0.39, 0.29) is 17.9 Å². The topological polar surface area (TPSA) is 68.6 Å². The molecule has 0 N–H and O–H groups in total. The van der Waals surface area contributed by atoms with Crippen LogP contribution in [0.2, 0.25) is 0 Å². The van der Waals surface area contributed by atoms with E-state index >= 15 is 0 Å². The van der Waals surface area contributed by atoms with Crippen molar-refractivity contribution in [2.75, 3.05) is 0 Å². The minimum Gasteiger partial charge on any atom is -0.422 e. The molecule has 1 aliphatic rings. The monoisotopic (exact) mass is 438 g/mol. The molecule has 164 valence electrons. The van der Waals surface area contributed by atoms with Crippen LogP contribution in [0.5, 0.6) is 5.75 Å². The van der Waals surface area contributed by atoms with E-state index < -0.39 is 5.97 Å². The molecule has 2 amide bonds. The van der Waals surface area contributed by atoms with Crippen molar-refractivity contribution in [3.63, 3.8) is 0 Å². The standard InChI is InChI=1S/C27H22N2O4/c1-15(2)27(32)33-22-14-8-13-20-23(22)17-9-5-6-11-19(17)29(20)21-12-7-10-18-24(21)26(31)28(16(3)4)25(18)30/h5-14,16H,1H2,2-4H3. The van der Waals surface area contributed by atoms with Crippen molar-refractivity contribution in [2.24, 2.45) is 0 Å². The van der Waals surface area contributed by atoms with Crippen LogP contribution in [-0.4, -0.2) is 33.3 Å². The van der Waals surface area contributed by atoms with Gasteiger partial charge in [-0.15, -0.1) is 0 Å². The lowest BCUT2D eigenvalue weighted by Gasteiger charge is -2.18. The summed E-state index contributed by atoms with van der Waals surface area (Å²) in [5, 5.41) is 1.62. The Balaban J connectivity index is 1.84. The maximum absolute atomic E-state index is 13.3. The predicted octanol–water partition coefficient (Wildman–Crippen LogP) is 5.27. The van der Waals surface area contributed by atoms with E-state index in [2.05, 4.69) is 6.58 Å². The highest BCUT2D eigenvalue weighted by Crippen LogP contribution is 2.40. The van der Waals surface area contributed by atoms with Crippen molar-refractivity contribution in [1.29, 1.82) is 0 Å². The van der Waals surface area contributed by atoms with E-state index in [1.807, 2.05) is 54.8 Å². The molecule has 0 spiro atoms. The van der Waals surface area contributed by atoms with Gasteiger partial charge in [-0.05, 0) is 51.1 Å². The SMILES string of the molecule is C=C(C)C(=O)Oc1cccc2c1c1ccccc1n2-c1cccc2c1C(=O)N(C(C)C)C2=O. The maximum Gasteiger partial charge on any atom is 0.338 e. The summed E-state index contributed by atoms with van der Waals surface area (Å²) in [5.41, 5.74) is 3.28. The highest BCUT2D eigenvalue weighted by Gasteiger charge is 2.39. The lowest BCUT2D eigenvalue weighted by Crippen LogP contribution is -2.36. The van der Waals surface area contributed by atoms with E-state index in [0.29, 0.717) is 28.1 Å². The van der Waals surface area contributed by atoms with Crippen molar-refractivity contribution >= 4 is 39.6 Å². The molecule has 0 unspecified atom stereocenters. The summed E-state index contributed by atoms with van der Waals surface area (Å²) in [4.78, 5) is 39.9. The number of esters is 1. The summed E-state index contributed by atoms with van der Waals surface area (Å²) in [6.07, 6.45) is 0. The summed E-state index contributed by atoms with van der Waals surface area (Å²) in [6.45, 7) is 8.91. The molecule has 5 rings (SSSR count). The first kappa shape index (κ1) is 20.7. The molecule has 4 aromatic rings. The van der Waals surface area contributed by atoms with Crippen molar-refractivity contribution in [1.82, 2.24) is 9.47 Å². The normalized spacial score (nSPS) is 13.3. The number of hydrogen-bond donors (Lipinski definition) is 0. The molecule has 0 saturated carbocycles. The van der Waals surface area contributed by atoms with Crippen molar-refractivity contribution in [2.45, 2.75) is 26.8 Å². The molecule has 0 radical (unpaired) electrons. The molecule has 0 aliphatic carbocycles. The van der Waals surface area contributed by atoms with Crippen LogP contribution in [0.15, 0.2) is 72.8 Å². The third kappa shape index (κ3) is 2.98. The average molecular weight is 438 g/mol. The van der Waals surface area contributed by atoms with Gasteiger partial charge in [-0.2, -0.15) is 0 Å². The number of fused-ring (bicyclic) bond motifs is 4. The van der Waals surface area contributed by atoms with E-state index in [9.17, 15) is 14.4 Å². The molecule has 2 heterocycles. The van der Waals surface area contributed by atoms with Gasteiger partial charge in [-0.3, -0.25) is 14.5 Å². The van der Waals surface area contributed by atoms with Crippen LogP contribution < -0.4 is 4.74 Å². The lowest BCUT2D eigenvalue weighted by atomic mass is 10.1. The molecule has 0 saturated heterocycles. The molecule has 0 atom stereocenters. The van der Waals surface area contributed by atoms with E-state index in [1.54, 1.807) is 31.2 Å². The second-order valence-corrected chi connectivity index (χ2v) is 8.45. The van der Waals surface area contributed by atoms with Gasteiger partial charge in [0.2, 0.25) is 0 Å². The predicted molar refractivity (Wildman–Crippen MR) is 127 cm³/mol. The van der Waals surface area contributed by atoms with Crippen molar-refractivity contribution in [3.05, 3.63) is 83.9 Å². The maximum atomic E-state index is 13.3. The largest absolute Gasteiger partial charge is 0.422 e. The number of imide groups is 1. The third-order valence-corrected chi connectivity index (χ3v) is 5.89. The summed E-state index contributed by atoms with van der Waals surface area (Å²) >= 11 is 0. The van der Waals surface area contributed by atoms with Gasteiger partial charge in [0.25, 0.3) is 11.8 Å². The summed E-state index contributed by atoms with van der Waals surface area (Å²) in [6, 6.07) is 18.2. The van der Waals surface area contributed by atoms with Crippen LogP contribution in [0.1, 0.15) is 41.5 Å². The number of benzene rings is 3. The fourth-order valence-corrected chi connectivity index (χ4v) is 4.46. The molecule has 6 nitrogen and oxygen atoms in total. The molecule has 33 heavy (non-hydrogen) atoms. The van der Waals surface area contributed by atoms with Gasteiger partial charge in [-0.25, -0.2) is 4.79 Å². The number of rotatable bonds is 4. The fraction of sp³-hybridized carbons (Fsp3) is 0.148. The highest BCUT2D eigenvalue weighted by atomic mass is 16.5. The summed E-state index contributed by atoms with van der Waals surface area (Å²) in [5.74, 6) is -0.692. The van der Waals surface area contributed by atoms with Gasteiger partial charge in [0.15, 0.2) is 0 Å². The molecule has 3 aromatic carbocycles. The molecule has 1 aliphatic heterocycles. The number of hydrogen-bond acceptors (Lipinski definition) is 4. The first-order valence-electron chi connectivity index (χ1n) is 10.7. The summed E-state index contributed by atoms with van der Waals surface area (Å²) in [7, 11) is 0. The molecule has 0 bridgehead atoms. The van der Waals surface area contributed by atoms with Crippen LogP contribution in [0.4, 0.5) is 0 Å². The number of carbonyl (C=O) groups excluding carboxylic acids is 3. The zero-order valence-corrected chi connectivity index (χ0v) is 18.6. The Morgan fingerprint density at radius 1 is 0.909 bits per heavy atom. The Morgan fingerprint density at radius 2 is 1.61 bits per heavy atom. The Labute approximate surface area is 190 Å². The van der Waals surface area contributed by atoms with Gasteiger partial charge in [0.05, 0.1) is 33.2 Å². The van der Waals surface area contributed by atoms with E-state index in [0.717, 1.165) is 21.8 Å². The second kappa shape index (κ2) is 7.45. The van der Waals surface area contributed by atoms with Crippen LogP contribution >= 0.6 is 0 Å². The van der Waals surface area contributed by atoms with Gasteiger partial charge in [0.1, 0.15) is 5.75 Å². The Kier molecular flexibility index (Phi) is 4.67. The van der Waals surface area contributed by atoms with E-state index in [1.165, 1.54) is 4.90 Å². The lowest BCUT2D eigenvalue weighted by molar-refractivity contribution is -0.129. The van der Waals surface area contributed by atoms with E-state index in [4.69, 9.17) is 4.74 Å². The van der Waals surface area contributed by atoms with Gasteiger partial charge >= 0.3 is 5.97 Å². The summed E-state index contributed by atoms with van der Waals surface area (Å²) < 4.78 is 7.60. The smallest absolute Gasteiger partial charge is 0.338 e. The minimum absolute atomic E-state index is 0.253. The first-order valence-corrected chi connectivity index (χ1v) is 10.7. The van der Waals surface area contributed by atoms with Gasteiger partial charge in [-0.1, -0.05) is 36.9 Å². The Hall–Kier alpha value is -4.19. The zero-order chi connectivity index (χ0) is 23.4. The van der Waals surface area contributed by atoms with Gasteiger partial charge in [0, 0.05) is 17.0 Å². The van der Waals surface area contributed by atoms with Crippen LogP contribution in [-0.2, 0) is 4.79 Å². The van der Waals surface area contributed by atoms with Gasteiger partial charge < -0.3 is 9.30 Å². The number of ether oxygens (including phenoxy) is 1. The number of carbonyl (C=O) groups is 3. The molecular formula is C27H22N2O4. The molecule has 1 aromatic heterocycles. The highest BCUT2D eigenvalue weighted by molar-refractivity contribution is 6.24. The molecule has 0 fully saturated rings. The number of para-hydroxylation sites is 1. The minimum atomic E-state index is -0.506. The first-order chi connectivity index (χ1) is 15.8. The zero-order valence-electron chi connectivity index (χ0n) is 18.6. The third-order valence-electron chi connectivity index (χ3n) is 5.89. The van der Waals surface area contributed by atoms with Crippen LogP contribution in [0.25, 0.3) is 27.5 Å².